The van der Waals surface area contributed by atoms with E-state index in [1.807, 2.05) is 59.9 Å². The lowest BCUT2D eigenvalue weighted by Gasteiger charge is -2.15. The number of rotatable bonds is 6. The van der Waals surface area contributed by atoms with Crippen molar-refractivity contribution in [2.75, 3.05) is 0 Å². The lowest BCUT2D eigenvalue weighted by Crippen LogP contribution is -2.13. The second kappa shape index (κ2) is 12.2. The van der Waals surface area contributed by atoms with Crippen LogP contribution in [0.15, 0.2) is 175 Å². The van der Waals surface area contributed by atoms with Gasteiger partial charge in [-0.05, 0) is 85.3 Å². The van der Waals surface area contributed by atoms with E-state index in [9.17, 15) is 0 Å². The second-order valence-electron chi connectivity index (χ2n) is 12.5. The molecule has 2 nitrogen and oxygen atoms in total. The zero-order chi connectivity index (χ0) is 32.7. The summed E-state index contributed by atoms with van der Waals surface area (Å²) >= 11 is 1.86. The lowest BCUT2D eigenvalue weighted by molar-refractivity contribution is 1.29. The number of thiophene rings is 1. The average Bonchev–Trinajstić information content (AvgIpc) is 3.55. The molecule has 3 heteroatoms. The van der Waals surface area contributed by atoms with E-state index in [4.69, 9.17) is 10.7 Å². The molecule has 232 valence electrons. The fraction of sp³-hybridized carbons (Fsp3) is 0.0217. The Balaban J connectivity index is 1.24. The van der Waals surface area contributed by atoms with Crippen LogP contribution < -0.4 is 5.73 Å². The van der Waals surface area contributed by atoms with Crippen LogP contribution in [0.4, 0.5) is 0 Å². The smallest absolute Gasteiger partial charge is 0.131 e. The Labute approximate surface area is 289 Å². The summed E-state index contributed by atoms with van der Waals surface area (Å²) in [5.41, 5.74) is 13.1. The van der Waals surface area contributed by atoms with Gasteiger partial charge in [-0.3, -0.25) is 0 Å². The van der Waals surface area contributed by atoms with E-state index in [2.05, 4.69) is 121 Å². The summed E-state index contributed by atoms with van der Waals surface area (Å²) in [6.07, 6.45) is 2.93. The van der Waals surface area contributed by atoms with Gasteiger partial charge in [0.1, 0.15) is 5.84 Å². The Bertz CT molecular complexity index is 2740. The highest BCUT2D eigenvalue weighted by Gasteiger charge is 2.14. The van der Waals surface area contributed by atoms with Crippen molar-refractivity contribution in [1.82, 2.24) is 0 Å². The maximum absolute atomic E-state index is 6.57. The molecule has 8 aromatic carbocycles. The maximum Gasteiger partial charge on any atom is 0.131 e. The highest BCUT2D eigenvalue weighted by atomic mass is 32.1. The van der Waals surface area contributed by atoms with Crippen LogP contribution in [-0.4, -0.2) is 5.84 Å². The zero-order valence-electron chi connectivity index (χ0n) is 26.8. The van der Waals surface area contributed by atoms with Crippen LogP contribution >= 0.6 is 11.3 Å². The number of hydrogen-bond acceptors (Lipinski definition) is 2. The van der Waals surface area contributed by atoms with E-state index < -0.39 is 0 Å². The van der Waals surface area contributed by atoms with Gasteiger partial charge < -0.3 is 5.73 Å². The van der Waals surface area contributed by atoms with E-state index in [1.54, 1.807) is 0 Å². The van der Waals surface area contributed by atoms with Crippen molar-refractivity contribution in [3.05, 3.63) is 187 Å². The summed E-state index contributed by atoms with van der Waals surface area (Å²) in [6.45, 7) is 0. The first-order valence-electron chi connectivity index (χ1n) is 16.6. The number of fused-ring (bicyclic) bond motifs is 9. The van der Waals surface area contributed by atoms with Crippen LogP contribution in [0.2, 0.25) is 0 Å². The molecule has 0 radical (unpaired) electrons. The van der Waals surface area contributed by atoms with Crippen molar-refractivity contribution in [3.8, 4) is 11.1 Å². The molecule has 49 heavy (non-hydrogen) atoms. The van der Waals surface area contributed by atoms with Crippen LogP contribution in [0.1, 0.15) is 16.7 Å². The number of hydrogen-bond donors (Lipinski definition) is 1. The van der Waals surface area contributed by atoms with Crippen LogP contribution in [0.5, 0.6) is 0 Å². The van der Waals surface area contributed by atoms with Gasteiger partial charge in [0, 0.05) is 25.7 Å². The zero-order valence-corrected chi connectivity index (χ0v) is 27.6. The summed E-state index contributed by atoms with van der Waals surface area (Å²) in [7, 11) is 0. The lowest BCUT2D eigenvalue weighted by atomic mass is 9.89. The molecule has 0 aliphatic carbocycles. The van der Waals surface area contributed by atoms with Crippen LogP contribution in [0.3, 0.4) is 0 Å². The number of nitrogens with zero attached hydrogens (tertiary/aromatic N) is 1. The van der Waals surface area contributed by atoms with Crippen molar-refractivity contribution in [3.63, 3.8) is 0 Å². The summed E-state index contributed by atoms with van der Waals surface area (Å²) in [5.74, 6) is 0.505. The van der Waals surface area contributed by atoms with Gasteiger partial charge in [-0.1, -0.05) is 146 Å². The molecule has 0 amide bonds. The Hall–Kier alpha value is -6.03. The molecule has 0 fully saturated rings. The van der Waals surface area contributed by atoms with Crippen molar-refractivity contribution in [2.24, 2.45) is 10.7 Å². The molecule has 0 atom stereocenters. The molecule has 2 N–H and O–H groups in total. The van der Waals surface area contributed by atoms with Crippen molar-refractivity contribution in [1.29, 1.82) is 0 Å². The molecule has 9 rings (SSSR count). The topological polar surface area (TPSA) is 38.4 Å². The van der Waals surface area contributed by atoms with Crippen LogP contribution in [0, 0.1) is 0 Å². The predicted octanol–water partition coefficient (Wildman–Crippen LogP) is 12.2. The van der Waals surface area contributed by atoms with Gasteiger partial charge in [0.2, 0.25) is 0 Å². The van der Waals surface area contributed by atoms with Crippen LogP contribution in [-0.2, 0) is 6.42 Å². The van der Waals surface area contributed by atoms with Gasteiger partial charge in [-0.2, -0.15) is 0 Å². The van der Waals surface area contributed by atoms with Gasteiger partial charge in [0.25, 0.3) is 0 Å². The molecule has 0 aliphatic heterocycles. The third-order valence-corrected chi connectivity index (χ3v) is 10.7. The number of aliphatic imine (C=N–C) groups is 1. The third kappa shape index (κ3) is 5.25. The Kier molecular flexibility index (Phi) is 7.26. The predicted molar refractivity (Wildman–Crippen MR) is 213 cm³/mol. The van der Waals surface area contributed by atoms with E-state index >= 15 is 0 Å². The number of allylic oxidation sites excluding steroid dienone is 1. The standard InChI is InChI=1S/C46H32N2S/c47-46(32-14-5-2-6-15-32)48-42(30-12-3-1-4-13-30)26-23-31-16-11-20-39-36-18-8-7-17-35(36)37-25-22-33(29-41(37)45(31)39)34-24-27-44-40(28-34)38-19-9-10-21-43(38)49-44/h1-22,24-29H,23H2,(H2,47,48)/b42-26-. The number of nitrogens with two attached hydrogens (primary N) is 1. The van der Waals surface area contributed by atoms with E-state index in [0.29, 0.717) is 12.3 Å². The van der Waals surface area contributed by atoms with Crippen LogP contribution in [0.25, 0.3) is 69.3 Å². The highest BCUT2D eigenvalue weighted by molar-refractivity contribution is 7.25. The molecule has 0 unspecified atom stereocenters. The third-order valence-electron chi connectivity index (χ3n) is 9.55. The van der Waals surface area contributed by atoms with E-state index in [-0.39, 0.29) is 0 Å². The molecule has 1 aromatic heterocycles. The summed E-state index contributed by atoms with van der Waals surface area (Å²) < 4.78 is 2.65. The monoisotopic (exact) mass is 644 g/mol. The van der Waals surface area contributed by atoms with Crippen molar-refractivity contribution >= 4 is 75.4 Å². The summed E-state index contributed by atoms with van der Waals surface area (Å²) in [6, 6.07) is 58.4. The SMILES string of the molecule is NC(=N/C(=C\Cc1cccc2c3ccccc3c3ccc(-c4ccc5sc6ccccc6c5c4)cc3c12)c1ccccc1)c1ccccc1. The molecular formula is C46H32N2S. The minimum atomic E-state index is 0.505. The molecule has 9 aromatic rings. The van der Waals surface area contributed by atoms with Gasteiger partial charge in [-0.15, -0.1) is 11.3 Å². The number of benzene rings is 8. The minimum absolute atomic E-state index is 0.505. The van der Waals surface area contributed by atoms with Gasteiger partial charge >= 0.3 is 0 Å². The largest absolute Gasteiger partial charge is 0.383 e. The van der Waals surface area contributed by atoms with Crippen molar-refractivity contribution in [2.45, 2.75) is 6.42 Å². The molecule has 0 saturated heterocycles. The fourth-order valence-corrected chi connectivity index (χ4v) is 8.27. The Morgan fingerprint density at radius 1 is 0.490 bits per heavy atom. The molecule has 0 aliphatic rings. The quantitative estimate of drug-likeness (QED) is 0.109. The summed E-state index contributed by atoms with van der Waals surface area (Å²) in [5, 5.41) is 10.2. The van der Waals surface area contributed by atoms with Gasteiger partial charge in [-0.25, -0.2) is 4.99 Å². The van der Waals surface area contributed by atoms with Crippen molar-refractivity contribution < 1.29 is 0 Å². The fourth-order valence-electron chi connectivity index (χ4n) is 7.18. The average molecular weight is 645 g/mol. The first kappa shape index (κ1) is 29.1. The molecule has 0 spiro atoms. The minimum Gasteiger partial charge on any atom is -0.383 e. The van der Waals surface area contributed by atoms with Gasteiger partial charge in [0.05, 0.1) is 5.70 Å². The van der Waals surface area contributed by atoms with E-state index in [1.165, 1.54) is 69.2 Å². The Morgan fingerprint density at radius 2 is 1.06 bits per heavy atom. The Morgan fingerprint density at radius 3 is 1.84 bits per heavy atom. The van der Waals surface area contributed by atoms with E-state index in [0.717, 1.165) is 16.8 Å². The second-order valence-corrected chi connectivity index (χ2v) is 13.6. The molecular weight excluding hydrogens is 613 g/mol. The normalized spacial score (nSPS) is 12.5. The molecule has 0 saturated carbocycles. The molecule has 0 bridgehead atoms. The number of amidine groups is 1. The molecule has 1 heterocycles. The van der Waals surface area contributed by atoms with Gasteiger partial charge in [0.15, 0.2) is 0 Å². The maximum atomic E-state index is 6.57. The first-order valence-corrected chi connectivity index (χ1v) is 17.5. The first-order chi connectivity index (χ1) is 24.2. The summed E-state index contributed by atoms with van der Waals surface area (Å²) in [4.78, 5) is 4.98. The highest BCUT2D eigenvalue weighted by Crippen LogP contribution is 2.41.